The molecule has 0 saturated carbocycles. The van der Waals surface area contributed by atoms with E-state index in [1.54, 1.807) is 7.11 Å². The summed E-state index contributed by atoms with van der Waals surface area (Å²) >= 11 is 3.54. The minimum atomic E-state index is -0.474. The van der Waals surface area contributed by atoms with Crippen LogP contribution in [0.4, 0.5) is 5.69 Å². The van der Waals surface area contributed by atoms with Crippen LogP contribution in [0.15, 0.2) is 59.2 Å². The first-order chi connectivity index (χ1) is 16.5. The van der Waals surface area contributed by atoms with Crippen molar-refractivity contribution in [3.8, 4) is 17.1 Å². The van der Waals surface area contributed by atoms with E-state index in [9.17, 15) is 4.79 Å². The van der Waals surface area contributed by atoms with E-state index in [4.69, 9.17) is 9.72 Å². The van der Waals surface area contributed by atoms with Crippen LogP contribution >= 0.6 is 15.9 Å². The third-order valence-electron chi connectivity index (χ3n) is 6.61. The van der Waals surface area contributed by atoms with Gasteiger partial charge >= 0.3 is 0 Å². The molecule has 4 heterocycles. The molecule has 8 heteroatoms. The van der Waals surface area contributed by atoms with Crippen LogP contribution in [0.2, 0.25) is 0 Å². The lowest BCUT2D eigenvalue weighted by atomic mass is 9.88. The van der Waals surface area contributed by atoms with Crippen molar-refractivity contribution in [2.45, 2.75) is 19.4 Å². The predicted octanol–water partition coefficient (Wildman–Crippen LogP) is 4.61. The molecule has 0 spiro atoms. The lowest BCUT2D eigenvalue weighted by Gasteiger charge is -2.47. The normalized spacial score (nSPS) is 18.3. The van der Waals surface area contributed by atoms with Gasteiger partial charge in [-0.15, -0.1) is 0 Å². The fraction of sp³-hybridized carbons (Fsp3) is 0.269. The van der Waals surface area contributed by atoms with Gasteiger partial charge in [-0.05, 0) is 38.1 Å². The summed E-state index contributed by atoms with van der Waals surface area (Å²) in [7, 11) is 1.57. The monoisotopic (exact) mass is 519 g/mol. The fourth-order valence-electron chi connectivity index (χ4n) is 4.87. The number of halogens is 1. The molecule has 1 aliphatic rings. The number of piperazine rings is 1. The van der Waals surface area contributed by atoms with Gasteiger partial charge in [-0.1, -0.05) is 34.1 Å². The van der Waals surface area contributed by atoms with Crippen molar-refractivity contribution in [1.29, 1.82) is 0 Å². The number of pyridine rings is 2. The third kappa shape index (κ3) is 3.67. The highest BCUT2D eigenvalue weighted by molar-refractivity contribution is 9.10. The van der Waals surface area contributed by atoms with Crippen LogP contribution in [0.3, 0.4) is 0 Å². The second-order valence-corrected chi connectivity index (χ2v) is 9.57. The van der Waals surface area contributed by atoms with E-state index in [1.807, 2.05) is 43.3 Å². The summed E-state index contributed by atoms with van der Waals surface area (Å²) in [6, 6.07) is 16.2. The highest BCUT2D eigenvalue weighted by Gasteiger charge is 2.42. The van der Waals surface area contributed by atoms with Crippen molar-refractivity contribution in [1.82, 2.24) is 19.7 Å². The smallest absolute Gasteiger partial charge is 0.215 e. The Hall–Kier alpha value is -3.23. The molecule has 0 bridgehead atoms. The summed E-state index contributed by atoms with van der Waals surface area (Å²) in [6.07, 6.45) is 2.86. The SMILES string of the molecule is COc1cc(N2CCNCC2(C)c2c(-c3ccc(Br)cc3)nc3ccccn23)c(C)c(C=O)n1. The first-order valence-electron chi connectivity index (χ1n) is 11.2. The number of carbonyl (C=O) groups excluding carboxylic acids is 1. The average molecular weight is 520 g/mol. The average Bonchev–Trinajstić information content (AvgIpc) is 3.25. The molecule has 1 N–H and O–H groups in total. The van der Waals surface area contributed by atoms with Gasteiger partial charge in [0.25, 0.3) is 0 Å². The van der Waals surface area contributed by atoms with Gasteiger partial charge in [0.15, 0.2) is 6.29 Å². The largest absolute Gasteiger partial charge is 0.481 e. The number of nitrogens with one attached hydrogen (secondary N) is 1. The Labute approximate surface area is 206 Å². The van der Waals surface area contributed by atoms with Crippen LogP contribution in [0.1, 0.15) is 28.7 Å². The molecule has 4 aromatic rings. The molecule has 1 aliphatic heterocycles. The molecular formula is C26H26BrN5O2. The van der Waals surface area contributed by atoms with E-state index in [0.717, 1.165) is 57.7 Å². The van der Waals surface area contributed by atoms with E-state index in [0.29, 0.717) is 18.1 Å². The highest BCUT2D eigenvalue weighted by Crippen LogP contribution is 2.41. The van der Waals surface area contributed by atoms with E-state index in [-0.39, 0.29) is 0 Å². The van der Waals surface area contributed by atoms with Gasteiger partial charge in [-0.25, -0.2) is 9.97 Å². The standard InChI is InChI=1S/C26H26BrN5O2/c1-17-20(15-33)29-23(34-3)14-21(17)32-13-11-28-16-26(32,2)25-24(18-7-9-19(27)10-8-18)30-22-6-4-5-12-31(22)25/h4-10,12,14-15,28H,11,13,16H2,1-3H3. The summed E-state index contributed by atoms with van der Waals surface area (Å²) in [5.74, 6) is 0.426. The molecule has 174 valence electrons. The van der Waals surface area contributed by atoms with Gasteiger partial charge < -0.3 is 19.4 Å². The number of benzene rings is 1. The molecule has 3 aromatic heterocycles. The molecule has 0 radical (unpaired) electrons. The lowest BCUT2D eigenvalue weighted by Crippen LogP contribution is -2.58. The van der Waals surface area contributed by atoms with Gasteiger partial charge in [0.05, 0.1) is 24.0 Å². The number of methoxy groups -OCH3 is 1. The molecule has 0 aliphatic carbocycles. The molecule has 1 fully saturated rings. The van der Waals surface area contributed by atoms with Crippen molar-refractivity contribution >= 4 is 33.6 Å². The zero-order valence-electron chi connectivity index (χ0n) is 19.4. The number of carbonyl (C=O) groups is 1. The summed E-state index contributed by atoms with van der Waals surface area (Å²) in [6.45, 7) is 6.45. The topological polar surface area (TPSA) is 71.8 Å². The van der Waals surface area contributed by atoms with Crippen LogP contribution in [0, 0.1) is 6.92 Å². The number of anilines is 1. The van der Waals surface area contributed by atoms with Gasteiger partial charge in [0.2, 0.25) is 5.88 Å². The van der Waals surface area contributed by atoms with Crippen LogP contribution in [-0.2, 0) is 5.54 Å². The molecule has 5 rings (SSSR count). The minimum absolute atomic E-state index is 0.390. The Kier molecular flexibility index (Phi) is 5.87. The number of imidazole rings is 1. The summed E-state index contributed by atoms with van der Waals surface area (Å²) < 4.78 is 8.64. The van der Waals surface area contributed by atoms with E-state index in [1.165, 1.54) is 0 Å². The van der Waals surface area contributed by atoms with E-state index >= 15 is 0 Å². The number of aldehydes is 1. The predicted molar refractivity (Wildman–Crippen MR) is 137 cm³/mol. The Bertz CT molecular complexity index is 1370. The molecule has 1 unspecified atom stereocenters. The first-order valence-corrected chi connectivity index (χ1v) is 12.0. The van der Waals surface area contributed by atoms with Crippen molar-refractivity contribution in [3.63, 3.8) is 0 Å². The first kappa shape index (κ1) is 22.6. The molecular weight excluding hydrogens is 494 g/mol. The second kappa shape index (κ2) is 8.85. The molecule has 34 heavy (non-hydrogen) atoms. The third-order valence-corrected chi connectivity index (χ3v) is 7.13. The summed E-state index contributed by atoms with van der Waals surface area (Å²) in [5, 5.41) is 3.59. The van der Waals surface area contributed by atoms with Crippen molar-refractivity contribution < 1.29 is 9.53 Å². The van der Waals surface area contributed by atoms with Crippen LogP contribution < -0.4 is 15.0 Å². The molecule has 1 saturated heterocycles. The molecule has 0 amide bonds. The number of nitrogens with zero attached hydrogens (tertiary/aromatic N) is 4. The number of aromatic nitrogens is 3. The maximum atomic E-state index is 11.8. The Morgan fingerprint density at radius 3 is 2.71 bits per heavy atom. The van der Waals surface area contributed by atoms with Gasteiger partial charge in [-0.3, -0.25) is 4.79 Å². The quantitative estimate of drug-likeness (QED) is 0.388. The molecule has 7 nitrogen and oxygen atoms in total. The molecule has 1 atom stereocenters. The highest BCUT2D eigenvalue weighted by atomic mass is 79.9. The Morgan fingerprint density at radius 2 is 1.97 bits per heavy atom. The van der Waals surface area contributed by atoms with Gasteiger partial charge in [-0.2, -0.15) is 0 Å². The lowest BCUT2D eigenvalue weighted by molar-refractivity contribution is 0.111. The van der Waals surface area contributed by atoms with Gasteiger partial charge in [0, 0.05) is 53.2 Å². The summed E-state index contributed by atoms with van der Waals surface area (Å²) in [5.41, 5.74) is 5.64. The Balaban J connectivity index is 1.77. The second-order valence-electron chi connectivity index (χ2n) is 8.66. The number of hydrogen-bond donors (Lipinski definition) is 1. The van der Waals surface area contributed by atoms with E-state index in [2.05, 4.69) is 60.8 Å². The van der Waals surface area contributed by atoms with E-state index < -0.39 is 5.54 Å². The van der Waals surface area contributed by atoms with Crippen LogP contribution in [0.25, 0.3) is 16.9 Å². The minimum Gasteiger partial charge on any atom is -0.481 e. The number of hydrogen-bond acceptors (Lipinski definition) is 6. The maximum absolute atomic E-state index is 11.8. The van der Waals surface area contributed by atoms with Crippen molar-refractivity contribution in [3.05, 3.63) is 76.2 Å². The van der Waals surface area contributed by atoms with Crippen LogP contribution in [0.5, 0.6) is 5.88 Å². The fourth-order valence-corrected chi connectivity index (χ4v) is 5.14. The number of ether oxygens (including phenoxy) is 1. The number of fused-ring (bicyclic) bond motifs is 1. The van der Waals surface area contributed by atoms with Crippen molar-refractivity contribution in [2.24, 2.45) is 0 Å². The van der Waals surface area contributed by atoms with Crippen molar-refractivity contribution in [2.75, 3.05) is 31.6 Å². The summed E-state index contributed by atoms with van der Waals surface area (Å²) in [4.78, 5) is 23.5. The number of rotatable bonds is 5. The Morgan fingerprint density at radius 1 is 1.18 bits per heavy atom. The zero-order valence-corrected chi connectivity index (χ0v) is 21.0. The maximum Gasteiger partial charge on any atom is 0.215 e. The zero-order chi connectivity index (χ0) is 23.9. The van der Waals surface area contributed by atoms with Crippen LogP contribution in [-0.4, -0.2) is 47.4 Å². The van der Waals surface area contributed by atoms with Gasteiger partial charge in [0.1, 0.15) is 11.3 Å². The molecule has 1 aromatic carbocycles.